The highest BCUT2D eigenvalue weighted by atomic mass is 32.2. The number of aromatic nitrogens is 2. The van der Waals surface area contributed by atoms with Crippen LogP contribution < -0.4 is 10.0 Å². The van der Waals surface area contributed by atoms with Crippen molar-refractivity contribution in [3.8, 4) is 0 Å². The molecular formula is C19H26N4O3S. The van der Waals surface area contributed by atoms with E-state index in [1.54, 1.807) is 12.1 Å². The van der Waals surface area contributed by atoms with Crippen LogP contribution in [0.25, 0.3) is 0 Å². The minimum Gasteiger partial charge on any atom is -0.326 e. The van der Waals surface area contributed by atoms with Gasteiger partial charge in [-0.15, -0.1) is 0 Å². The topological polar surface area (TPSA) is 93.1 Å². The van der Waals surface area contributed by atoms with Gasteiger partial charge in [-0.2, -0.15) is 5.10 Å². The second kappa shape index (κ2) is 7.09. The number of carbonyl (C=O) groups is 1. The van der Waals surface area contributed by atoms with Gasteiger partial charge in [-0.25, -0.2) is 13.1 Å². The number of sulfonamides is 1. The fourth-order valence-electron chi connectivity index (χ4n) is 3.47. The zero-order valence-electron chi connectivity index (χ0n) is 16.2. The third-order valence-corrected chi connectivity index (χ3v) is 6.31. The van der Waals surface area contributed by atoms with Crippen LogP contribution in [0.2, 0.25) is 0 Å². The molecule has 1 aliphatic rings. The van der Waals surface area contributed by atoms with E-state index in [1.807, 2.05) is 38.4 Å². The standard InChI is InChI=1S/C19H26N4O3S/c1-13-10-14(2)23(22-13)9-5-8-20-27(25,26)15-6-7-17-16(11-15)19(3,4)12-18(24)21-17/h6-7,10-11,20H,5,8-9,12H2,1-4H3,(H,21,24). The van der Waals surface area contributed by atoms with Crippen LogP contribution in [0.15, 0.2) is 29.2 Å². The molecule has 0 saturated heterocycles. The van der Waals surface area contributed by atoms with Crippen LogP contribution in [-0.4, -0.2) is 30.7 Å². The molecule has 8 heteroatoms. The Labute approximate surface area is 160 Å². The van der Waals surface area contributed by atoms with Gasteiger partial charge in [0.25, 0.3) is 0 Å². The number of rotatable bonds is 6. The maximum atomic E-state index is 12.7. The molecule has 1 aliphatic heterocycles. The Balaban J connectivity index is 1.68. The lowest BCUT2D eigenvalue weighted by Crippen LogP contribution is -2.33. The number of hydrogen-bond donors (Lipinski definition) is 2. The van der Waals surface area contributed by atoms with Crippen molar-refractivity contribution in [3.05, 3.63) is 41.2 Å². The lowest BCUT2D eigenvalue weighted by molar-refractivity contribution is -0.117. The lowest BCUT2D eigenvalue weighted by atomic mass is 9.78. The van der Waals surface area contributed by atoms with E-state index in [1.165, 1.54) is 6.07 Å². The number of benzene rings is 1. The summed E-state index contributed by atoms with van der Waals surface area (Å²) in [6, 6.07) is 6.86. The van der Waals surface area contributed by atoms with E-state index in [2.05, 4.69) is 15.1 Å². The van der Waals surface area contributed by atoms with Gasteiger partial charge in [0.1, 0.15) is 0 Å². The summed E-state index contributed by atoms with van der Waals surface area (Å²) in [6.45, 7) is 8.80. The Morgan fingerprint density at radius 2 is 2.00 bits per heavy atom. The number of nitrogens with zero attached hydrogens (tertiary/aromatic N) is 2. The van der Waals surface area contributed by atoms with Gasteiger partial charge in [-0.3, -0.25) is 9.48 Å². The highest BCUT2D eigenvalue weighted by Crippen LogP contribution is 2.38. The fourth-order valence-corrected chi connectivity index (χ4v) is 4.57. The molecular weight excluding hydrogens is 364 g/mol. The van der Waals surface area contributed by atoms with Crippen molar-refractivity contribution in [2.45, 2.75) is 57.4 Å². The normalized spacial score (nSPS) is 16.1. The molecule has 1 amide bonds. The highest BCUT2D eigenvalue weighted by Gasteiger charge is 2.33. The summed E-state index contributed by atoms with van der Waals surface area (Å²) in [6.07, 6.45) is 0.979. The molecule has 3 rings (SSSR count). The second-order valence-corrected chi connectivity index (χ2v) is 9.48. The summed E-state index contributed by atoms with van der Waals surface area (Å²) in [5.41, 5.74) is 3.14. The minimum atomic E-state index is -3.61. The summed E-state index contributed by atoms with van der Waals surface area (Å²) in [5, 5.41) is 7.19. The molecule has 7 nitrogen and oxygen atoms in total. The van der Waals surface area contributed by atoms with Crippen molar-refractivity contribution in [1.29, 1.82) is 0 Å². The molecule has 0 atom stereocenters. The Morgan fingerprint density at radius 3 is 2.67 bits per heavy atom. The summed E-state index contributed by atoms with van der Waals surface area (Å²) in [5.74, 6) is -0.0506. The first kappa shape index (κ1) is 19.6. The molecule has 146 valence electrons. The van der Waals surface area contributed by atoms with Crippen molar-refractivity contribution in [1.82, 2.24) is 14.5 Å². The fraction of sp³-hybridized carbons (Fsp3) is 0.474. The van der Waals surface area contributed by atoms with E-state index in [9.17, 15) is 13.2 Å². The van der Waals surface area contributed by atoms with Crippen molar-refractivity contribution in [2.24, 2.45) is 0 Å². The molecule has 27 heavy (non-hydrogen) atoms. The maximum absolute atomic E-state index is 12.7. The number of fused-ring (bicyclic) bond motifs is 1. The Bertz CT molecular complexity index is 977. The molecule has 0 fully saturated rings. The number of carbonyl (C=O) groups excluding carboxylic acids is 1. The van der Waals surface area contributed by atoms with E-state index < -0.39 is 15.4 Å². The van der Waals surface area contributed by atoms with Crippen LogP contribution in [0, 0.1) is 13.8 Å². The Hall–Kier alpha value is -2.19. The van der Waals surface area contributed by atoms with Gasteiger partial charge in [-0.1, -0.05) is 13.8 Å². The van der Waals surface area contributed by atoms with Crippen LogP contribution in [0.4, 0.5) is 5.69 Å². The van der Waals surface area contributed by atoms with Gasteiger partial charge in [0.15, 0.2) is 0 Å². The first-order valence-corrected chi connectivity index (χ1v) is 10.5. The predicted molar refractivity (Wildman–Crippen MR) is 104 cm³/mol. The zero-order chi connectivity index (χ0) is 19.8. The average Bonchev–Trinajstić information content (AvgIpc) is 2.88. The molecule has 0 aliphatic carbocycles. The highest BCUT2D eigenvalue weighted by molar-refractivity contribution is 7.89. The Kier molecular flexibility index (Phi) is 5.14. The molecule has 0 radical (unpaired) electrons. The van der Waals surface area contributed by atoms with Crippen molar-refractivity contribution in [3.63, 3.8) is 0 Å². The summed E-state index contributed by atoms with van der Waals surface area (Å²) in [4.78, 5) is 12.0. The first-order valence-electron chi connectivity index (χ1n) is 9.04. The predicted octanol–water partition coefficient (Wildman–Crippen LogP) is 2.49. The van der Waals surface area contributed by atoms with Crippen LogP contribution in [0.5, 0.6) is 0 Å². The zero-order valence-corrected chi connectivity index (χ0v) is 17.0. The molecule has 0 bridgehead atoms. The average molecular weight is 391 g/mol. The van der Waals surface area contributed by atoms with Crippen LogP contribution >= 0.6 is 0 Å². The SMILES string of the molecule is Cc1cc(C)n(CCCNS(=O)(=O)c2ccc3c(c2)C(C)(C)CC(=O)N3)n1. The smallest absolute Gasteiger partial charge is 0.240 e. The van der Waals surface area contributed by atoms with E-state index in [0.29, 0.717) is 31.6 Å². The van der Waals surface area contributed by atoms with E-state index in [4.69, 9.17) is 0 Å². The number of amides is 1. The van der Waals surface area contributed by atoms with Gasteiger partial charge < -0.3 is 5.32 Å². The number of anilines is 1. The van der Waals surface area contributed by atoms with E-state index >= 15 is 0 Å². The minimum absolute atomic E-state index is 0.0506. The van der Waals surface area contributed by atoms with Gasteiger partial charge in [-0.05, 0) is 50.1 Å². The number of aryl methyl sites for hydroxylation is 3. The lowest BCUT2D eigenvalue weighted by Gasteiger charge is -2.32. The monoisotopic (exact) mass is 390 g/mol. The van der Waals surface area contributed by atoms with Gasteiger partial charge in [0, 0.05) is 36.3 Å². The molecule has 0 saturated carbocycles. The Morgan fingerprint density at radius 1 is 1.26 bits per heavy atom. The maximum Gasteiger partial charge on any atom is 0.240 e. The van der Waals surface area contributed by atoms with E-state index in [-0.39, 0.29) is 10.8 Å². The van der Waals surface area contributed by atoms with Gasteiger partial charge in [0.05, 0.1) is 10.6 Å². The molecule has 0 unspecified atom stereocenters. The van der Waals surface area contributed by atoms with Crippen LogP contribution in [0.1, 0.15) is 43.6 Å². The molecule has 2 aromatic rings. The largest absolute Gasteiger partial charge is 0.326 e. The third-order valence-electron chi connectivity index (χ3n) is 4.85. The molecule has 0 spiro atoms. The van der Waals surface area contributed by atoms with Crippen molar-refractivity contribution >= 4 is 21.6 Å². The second-order valence-electron chi connectivity index (χ2n) is 7.72. The summed E-state index contributed by atoms with van der Waals surface area (Å²) < 4.78 is 29.9. The van der Waals surface area contributed by atoms with Gasteiger partial charge in [0.2, 0.25) is 15.9 Å². The molecule has 1 aromatic carbocycles. The summed E-state index contributed by atoms with van der Waals surface area (Å²) >= 11 is 0. The summed E-state index contributed by atoms with van der Waals surface area (Å²) in [7, 11) is -3.61. The number of nitrogens with one attached hydrogen (secondary N) is 2. The molecule has 1 aromatic heterocycles. The third kappa shape index (κ3) is 4.22. The van der Waals surface area contributed by atoms with Crippen molar-refractivity contribution in [2.75, 3.05) is 11.9 Å². The first-order chi connectivity index (χ1) is 12.6. The van der Waals surface area contributed by atoms with Crippen LogP contribution in [0.3, 0.4) is 0 Å². The van der Waals surface area contributed by atoms with Crippen LogP contribution in [-0.2, 0) is 26.8 Å². The quantitative estimate of drug-likeness (QED) is 0.741. The number of hydrogen-bond acceptors (Lipinski definition) is 4. The molecule has 2 heterocycles. The van der Waals surface area contributed by atoms with E-state index in [0.717, 1.165) is 17.0 Å². The molecule has 2 N–H and O–H groups in total. The van der Waals surface area contributed by atoms with Crippen molar-refractivity contribution < 1.29 is 13.2 Å². The van der Waals surface area contributed by atoms with Gasteiger partial charge >= 0.3 is 0 Å².